The first-order valence-corrected chi connectivity index (χ1v) is 4.13. The summed E-state index contributed by atoms with van der Waals surface area (Å²) in [5.74, 6) is 0. The number of non-ortho nitro benzene ring substituents is 1. The Morgan fingerprint density at radius 3 is 2.67 bits per heavy atom. The van der Waals surface area contributed by atoms with Crippen LogP contribution in [0.15, 0.2) is 30.5 Å². The van der Waals surface area contributed by atoms with E-state index in [2.05, 4.69) is 0 Å². The summed E-state index contributed by atoms with van der Waals surface area (Å²) in [7, 11) is 0. The van der Waals surface area contributed by atoms with Gasteiger partial charge in [0, 0.05) is 17.6 Å². The number of aromatic nitrogens is 1. The van der Waals surface area contributed by atoms with Crippen LogP contribution in [0.25, 0.3) is 10.9 Å². The van der Waals surface area contributed by atoms with E-state index < -0.39 is 11.5 Å². The Labute approximate surface area is 82.9 Å². The number of rotatable bonds is 2. The van der Waals surface area contributed by atoms with Crippen molar-refractivity contribution in [3.63, 3.8) is 0 Å². The molecule has 0 unspecified atom stereocenters. The lowest BCUT2D eigenvalue weighted by atomic mass is 10.2. The van der Waals surface area contributed by atoms with Crippen LogP contribution in [0.2, 0.25) is 0 Å². The highest BCUT2D eigenvalue weighted by molar-refractivity contribution is 5.88. The third-order valence-corrected chi connectivity index (χ3v) is 2.13. The highest BCUT2D eigenvalue weighted by atomic mass is 19.3. The number of hydrogen-bond acceptors (Lipinski definition) is 2. The Hall–Kier alpha value is -1.98. The lowest BCUT2D eigenvalue weighted by molar-refractivity contribution is -0.383. The molecule has 1 aromatic heterocycles. The quantitative estimate of drug-likeness (QED) is 0.567. The molecule has 2 rings (SSSR count). The normalized spacial score (nSPS) is 11.1. The summed E-state index contributed by atoms with van der Waals surface area (Å²) in [4.78, 5) is 9.97. The van der Waals surface area contributed by atoms with Crippen LogP contribution >= 0.6 is 0 Å². The van der Waals surface area contributed by atoms with E-state index in [-0.39, 0.29) is 11.2 Å². The van der Waals surface area contributed by atoms with E-state index >= 15 is 0 Å². The zero-order valence-electron chi connectivity index (χ0n) is 7.43. The molecular weight excluding hydrogens is 206 g/mol. The summed E-state index contributed by atoms with van der Waals surface area (Å²) < 4.78 is 25.6. The van der Waals surface area contributed by atoms with Crippen molar-refractivity contribution >= 4 is 16.6 Å². The highest BCUT2D eigenvalue weighted by Gasteiger charge is 2.18. The molecule has 0 aliphatic carbocycles. The van der Waals surface area contributed by atoms with Gasteiger partial charge >= 0.3 is 6.55 Å². The first kappa shape index (κ1) is 9.57. The summed E-state index contributed by atoms with van der Waals surface area (Å²) in [6, 6.07) is 5.66. The van der Waals surface area contributed by atoms with Crippen molar-refractivity contribution in [1.29, 1.82) is 0 Å². The SMILES string of the molecule is O=[N+]([O-])c1cccc2ccn(C(F)F)c12. The second kappa shape index (κ2) is 3.30. The van der Waals surface area contributed by atoms with Gasteiger partial charge in [-0.2, -0.15) is 8.78 Å². The maximum absolute atomic E-state index is 12.5. The van der Waals surface area contributed by atoms with Gasteiger partial charge in [-0.1, -0.05) is 12.1 Å². The molecule has 6 heteroatoms. The second-order valence-electron chi connectivity index (χ2n) is 2.97. The number of halogens is 2. The van der Waals surface area contributed by atoms with Crippen LogP contribution < -0.4 is 0 Å². The third kappa shape index (κ3) is 1.43. The highest BCUT2D eigenvalue weighted by Crippen LogP contribution is 2.29. The topological polar surface area (TPSA) is 48.1 Å². The van der Waals surface area contributed by atoms with Gasteiger partial charge in [-0.25, -0.2) is 0 Å². The molecule has 0 fully saturated rings. The van der Waals surface area contributed by atoms with E-state index in [1.54, 1.807) is 6.07 Å². The Morgan fingerprint density at radius 2 is 2.07 bits per heavy atom. The minimum absolute atomic E-state index is 0.0440. The maximum Gasteiger partial charge on any atom is 0.319 e. The number of para-hydroxylation sites is 1. The van der Waals surface area contributed by atoms with Gasteiger partial charge in [-0.3, -0.25) is 14.7 Å². The molecule has 0 radical (unpaired) electrons. The molecule has 2 aromatic rings. The molecule has 1 heterocycles. The Morgan fingerprint density at radius 1 is 1.33 bits per heavy atom. The number of benzene rings is 1. The first-order chi connectivity index (χ1) is 7.11. The molecule has 0 bridgehead atoms. The van der Waals surface area contributed by atoms with Crippen LogP contribution in [0.3, 0.4) is 0 Å². The molecule has 0 atom stereocenters. The van der Waals surface area contributed by atoms with Crippen LogP contribution in [-0.2, 0) is 0 Å². The van der Waals surface area contributed by atoms with E-state index in [0.717, 1.165) is 6.20 Å². The van der Waals surface area contributed by atoms with Gasteiger partial charge in [0.2, 0.25) is 0 Å². The molecule has 0 saturated heterocycles. The minimum atomic E-state index is -2.77. The fraction of sp³-hybridized carbons (Fsp3) is 0.111. The lowest BCUT2D eigenvalue weighted by Gasteiger charge is -2.03. The molecule has 0 N–H and O–H groups in total. The van der Waals surface area contributed by atoms with Crippen molar-refractivity contribution < 1.29 is 13.7 Å². The number of nitrogens with zero attached hydrogens (tertiary/aromatic N) is 2. The monoisotopic (exact) mass is 212 g/mol. The number of hydrogen-bond donors (Lipinski definition) is 0. The van der Waals surface area contributed by atoms with Gasteiger partial charge < -0.3 is 0 Å². The largest absolute Gasteiger partial charge is 0.319 e. The van der Waals surface area contributed by atoms with E-state index in [4.69, 9.17) is 0 Å². The van der Waals surface area contributed by atoms with E-state index in [0.29, 0.717) is 9.95 Å². The van der Waals surface area contributed by atoms with E-state index in [1.165, 1.54) is 18.2 Å². The Kier molecular flexibility index (Phi) is 2.11. The number of fused-ring (bicyclic) bond motifs is 1. The fourth-order valence-electron chi connectivity index (χ4n) is 1.51. The Balaban J connectivity index is 2.80. The average Bonchev–Trinajstić information content (AvgIpc) is 2.60. The van der Waals surface area contributed by atoms with Gasteiger partial charge in [-0.05, 0) is 6.07 Å². The van der Waals surface area contributed by atoms with Gasteiger partial charge in [0.1, 0.15) is 5.52 Å². The second-order valence-corrected chi connectivity index (χ2v) is 2.97. The molecule has 0 aliphatic heterocycles. The van der Waals surface area contributed by atoms with Gasteiger partial charge in [0.15, 0.2) is 0 Å². The van der Waals surface area contributed by atoms with Crippen LogP contribution in [0.5, 0.6) is 0 Å². The van der Waals surface area contributed by atoms with Crippen molar-refractivity contribution in [3.8, 4) is 0 Å². The van der Waals surface area contributed by atoms with Crippen LogP contribution in [0.1, 0.15) is 6.55 Å². The molecule has 1 aromatic carbocycles. The van der Waals surface area contributed by atoms with E-state index in [9.17, 15) is 18.9 Å². The zero-order chi connectivity index (χ0) is 11.0. The molecule has 4 nitrogen and oxygen atoms in total. The van der Waals surface area contributed by atoms with Crippen molar-refractivity contribution in [3.05, 3.63) is 40.6 Å². The molecule has 15 heavy (non-hydrogen) atoms. The number of alkyl halides is 2. The number of nitro benzene ring substituents is 1. The predicted molar refractivity (Wildman–Crippen MR) is 49.8 cm³/mol. The maximum atomic E-state index is 12.5. The van der Waals surface area contributed by atoms with Gasteiger partial charge in [-0.15, -0.1) is 0 Å². The molecule has 0 spiro atoms. The van der Waals surface area contributed by atoms with Crippen molar-refractivity contribution in [2.75, 3.05) is 0 Å². The summed E-state index contributed by atoms with van der Waals surface area (Å²) in [6.07, 6.45) is 1.14. The first-order valence-electron chi connectivity index (χ1n) is 4.13. The smallest absolute Gasteiger partial charge is 0.285 e. The van der Waals surface area contributed by atoms with E-state index in [1.807, 2.05) is 0 Å². The molecular formula is C9H6F2N2O2. The van der Waals surface area contributed by atoms with Crippen molar-refractivity contribution in [2.45, 2.75) is 6.55 Å². The zero-order valence-corrected chi connectivity index (χ0v) is 7.43. The van der Waals surface area contributed by atoms with Crippen molar-refractivity contribution in [1.82, 2.24) is 4.57 Å². The summed E-state index contributed by atoms with van der Waals surface area (Å²) in [5, 5.41) is 11.1. The van der Waals surface area contributed by atoms with Crippen LogP contribution in [0, 0.1) is 10.1 Å². The average molecular weight is 212 g/mol. The molecule has 0 aliphatic rings. The third-order valence-electron chi connectivity index (χ3n) is 2.13. The van der Waals surface area contributed by atoms with Crippen LogP contribution in [0.4, 0.5) is 14.5 Å². The molecule has 0 saturated carbocycles. The lowest BCUT2D eigenvalue weighted by Crippen LogP contribution is -1.98. The standard InChI is InChI=1S/C9H6F2N2O2/c10-9(11)12-5-4-6-2-1-3-7(8(6)12)13(14)15/h1-5,9H. The summed E-state index contributed by atoms with van der Waals surface area (Å²) >= 11 is 0. The Bertz CT molecular complexity index is 522. The van der Waals surface area contributed by atoms with Crippen molar-refractivity contribution in [2.24, 2.45) is 0 Å². The molecule has 0 amide bonds. The van der Waals surface area contributed by atoms with Crippen LogP contribution in [-0.4, -0.2) is 9.49 Å². The van der Waals surface area contributed by atoms with Gasteiger partial charge in [0.05, 0.1) is 4.92 Å². The predicted octanol–water partition coefficient (Wildman–Crippen LogP) is 2.94. The number of nitro groups is 1. The minimum Gasteiger partial charge on any atom is -0.285 e. The summed E-state index contributed by atoms with van der Waals surface area (Å²) in [6.45, 7) is -2.77. The van der Waals surface area contributed by atoms with Gasteiger partial charge in [0.25, 0.3) is 5.69 Å². The molecule has 78 valence electrons. The fourth-order valence-corrected chi connectivity index (χ4v) is 1.51. The summed E-state index contributed by atoms with van der Waals surface area (Å²) in [5.41, 5.74) is -0.352.